The molecule has 0 saturated carbocycles. The van der Waals surface area contributed by atoms with E-state index in [0.717, 1.165) is 15.6 Å². The number of furan rings is 1. The molecule has 0 unspecified atom stereocenters. The molecule has 0 saturated heterocycles. The van der Waals surface area contributed by atoms with Crippen molar-refractivity contribution in [2.24, 2.45) is 0 Å². The summed E-state index contributed by atoms with van der Waals surface area (Å²) in [5.41, 5.74) is 1.57. The van der Waals surface area contributed by atoms with Gasteiger partial charge in [0.25, 0.3) is 5.89 Å². The molecule has 3 aromatic rings. The van der Waals surface area contributed by atoms with Crippen molar-refractivity contribution in [3.8, 4) is 11.7 Å². The van der Waals surface area contributed by atoms with Crippen LogP contribution in [-0.4, -0.2) is 4.98 Å². The van der Waals surface area contributed by atoms with Crippen molar-refractivity contribution in [1.82, 2.24) is 4.98 Å². The van der Waals surface area contributed by atoms with Crippen LogP contribution in [-0.2, 0) is 0 Å². The zero-order chi connectivity index (χ0) is 10.3. The second-order valence-corrected chi connectivity index (χ2v) is 4.02. The summed E-state index contributed by atoms with van der Waals surface area (Å²) in [5.74, 6) is 1.15. The first-order valence-corrected chi connectivity index (χ1v) is 5.22. The van der Waals surface area contributed by atoms with Gasteiger partial charge in [-0.15, -0.1) is 0 Å². The second-order valence-electron chi connectivity index (χ2n) is 3.11. The maximum atomic E-state index is 5.54. The molecule has 2 aromatic heterocycles. The van der Waals surface area contributed by atoms with E-state index in [9.17, 15) is 0 Å². The number of benzene rings is 1. The van der Waals surface area contributed by atoms with Gasteiger partial charge < -0.3 is 8.83 Å². The van der Waals surface area contributed by atoms with Gasteiger partial charge in [0.15, 0.2) is 11.3 Å². The van der Waals surface area contributed by atoms with E-state index in [1.807, 2.05) is 24.3 Å². The van der Waals surface area contributed by atoms with Crippen LogP contribution in [0.2, 0.25) is 0 Å². The van der Waals surface area contributed by atoms with Gasteiger partial charge in [0.1, 0.15) is 5.52 Å². The van der Waals surface area contributed by atoms with Gasteiger partial charge in [-0.3, -0.25) is 0 Å². The first-order valence-electron chi connectivity index (χ1n) is 4.43. The third-order valence-electron chi connectivity index (χ3n) is 2.08. The van der Waals surface area contributed by atoms with E-state index in [0.29, 0.717) is 11.7 Å². The van der Waals surface area contributed by atoms with E-state index in [2.05, 4.69) is 20.9 Å². The van der Waals surface area contributed by atoms with Gasteiger partial charge in [0.05, 0.1) is 6.26 Å². The minimum Gasteiger partial charge on any atom is -0.459 e. The number of rotatable bonds is 1. The third kappa shape index (κ3) is 1.47. The molecule has 4 heteroatoms. The summed E-state index contributed by atoms with van der Waals surface area (Å²) >= 11 is 3.39. The molecule has 0 aliphatic carbocycles. The van der Waals surface area contributed by atoms with Crippen LogP contribution in [0.4, 0.5) is 0 Å². The van der Waals surface area contributed by atoms with Gasteiger partial charge >= 0.3 is 0 Å². The summed E-state index contributed by atoms with van der Waals surface area (Å²) in [5, 5.41) is 0. The van der Waals surface area contributed by atoms with Gasteiger partial charge in [0, 0.05) is 4.47 Å². The molecule has 0 aliphatic rings. The molecule has 1 aromatic carbocycles. The van der Waals surface area contributed by atoms with E-state index in [1.165, 1.54) is 0 Å². The normalized spacial score (nSPS) is 11.0. The maximum Gasteiger partial charge on any atom is 0.263 e. The minimum absolute atomic E-state index is 0.508. The molecule has 0 bridgehead atoms. The number of fused-ring (bicyclic) bond motifs is 1. The standard InChI is InChI=1S/C11H6BrNO2/c12-7-3-4-9-8(6-7)13-11(15-9)10-2-1-5-14-10/h1-6H. The van der Waals surface area contributed by atoms with E-state index in [-0.39, 0.29) is 0 Å². The first kappa shape index (κ1) is 8.73. The molecular weight excluding hydrogens is 258 g/mol. The summed E-state index contributed by atoms with van der Waals surface area (Å²) in [7, 11) is 0. The predicted molar refractivity (Wildman–Crippen MR) is 59.4 cm³/mol. The number of nitrogens with zero attached hydrogens (tertiary/aromatic N) is 1. The average Bonchev–Trinajstić information content (AvgIpc) is 2.84. The number of halogens is 1. The van der Waals surface area contributed by atoms with Gasteiger partial charge in [-0.25, -0.2) is 4.98 Å². The highest BCUT2D eigenvalue weighted by Gasteiger charge is 2.09. The zero-order valence-corrected chi connectivity index (χ0v) is 9.19. The van der Waals surface area contributed by atoms with E-state index in [4.69, 9.17) is 8.83 Å². The summed E-state index contributed by atoms with van der Waals surface area (Å²) in [6.45, 7) is 0. The van der Waals surface area contributed by atoms with Crippen LogP contribution >= 0.6 is 15.9 Å². The minimum atomic E-state index is 0.508. The van der Waals surface area contributed by atoms with Gasteiger partial charge in [-0.1, -0.05) is 15.9 Å². The molecule has 0 aliphatic heterocycles. The Morgan fingerprint density at radius 1 is 1.20 bits per heavy atom. The Hall–Kier alpha value is -1.55. The Morgan fingerprint density at radius 3 is 2.93 bits per heavy atom. The maximum absolute atomic E-state index is 5.54. The summed E-state index contributed by atoms with van der Waals surface area (Å²) in [6.07, 6.45) is 1.60. The first-order chi connectivity index (χ1) is 7.33. The molecule has 0 fully saturated rings. The molecular formula is C11H6BrNO2. The largest absolute Gasteiger partial charge is 0.459 e. The lowest BCUT2D eigenvalue weighted by Crippen LogP contribution is -1.70. The number of hydrogen-bond donors (Lipinski definition) is 0. The summed E-state index contributed by atoms with van der Waals surface area (Å²) < 4.78 is 11.7. The van der Waals surface area contributed by atoms with Crippen molar-refractivity contribution >= 4 is 27.0 Å². The molecule has 0 spiro atoms. The van der Waals surface area contributed by atoms with Crippen LogP contribution in [0.15, 0.2) is 49.9 Å². The Morgan fingerprint density at radius 2 is 2.13 bits per heavy atom. The van der Waals surface area contributed by atoms with Gasteiger partial charge in [0.2, 0.25) is 0 Å². The van der Waals surface area contributed by atoms with Crippen molar-refractivity contribution in [1.29, 1.82) is 0 Å². The fourth-order valence-electron chi connectivity index (χ4n) is 1.41. The van der Waals surface area contributed by atoms with Crippen LogP contribution in [0, 0.1) is 0 Å². The molecule has 3 rings (SSSR count). The van der Waals surface area contributed by atoms with Crippen molar-refractivity contribution in [3.05, 3.63) is 41.1 Å². The van der Waals surface area contributed by atoms with Crippen molar-refractivity contribution < 1.29 is 8.83 Å². The smallest absolute Gasteiger partial charge is 0.263 e. The Labute approximate surface area is 93.8 Å². The van der Waals surface area contributed by atoms with Crippen LogP contribution in [0.1, 0.15) is 0 Å². The number of oxazole rings is 1. The van der Waals surface area contributed by atoms with Crippen molar-refractivity contribution in [2.45, 2.75) is 0 Å². The van der Waals surface area contributed by atoms with Crippen LogP contribution in [0.5, 0.6) is 0 Å². The molecule has 2 heterocycles. The highest BCUT2D eigenvalue weighted by atomic mass is 79.9. The quantitative estimate of drug-likeness (QED) is 0.670. The van der Waals surface area contributed by atoms with Gasteiger partial charge in [-0.05, 0) is 30.3 Å². The Bertz CT molecular complexity index is 598. The zero-order valence-electron chi connectivity index (χ0n) is 7.61. The highest BCUT2D eigenvalue weighted by Crippen LogP contribution is 2.26. The molecule has 0 N–H and O–H groups in total. The van der Waals surface area contributed by atoms with E-state index >= 15 is 0 Å². The van der Waals surface area contributed by atoms with Crippen molar-refractivity contribution in [3.63, 3.8) is 0 Å². The molecule has 3 nitrogen and oxygen atoms in total. The summed E-state index contributed by atoms with van der Waals surface area (Å²) in [6, 6.07) is 9.32. The topological polar surface area (TPSA) is 39.2 Å². The lowest BCUT2D eigenvalue weighted by molar-refractivity contribution is 0.535. The molecule has 0 amide bonds. The second kappa shape index (κ2) is 3.24. The fourth-order valence-corrected chi connectivity index (χ4v) is 1.76. The van der Waals surface area contributed by atoms with Gasteiger partial charge in [-0.2, -0.15) is 0 Å². The van der Waals surface area contributed by atoms with Crippen LogP contribution < -0.4 is 0 Å². The van der Waals surface area contributed by atoms with E-state index < -0.39 is 0 Å². The van der Waals surface area contributed by atoms with Crippen molar-refractivity contribution in [2.75, 3.05) is 0 Å². The Balaban J connectivity index is 2.22. The fraction of sp³-hybridized carbons (Fsp3) is 0. The SMILES string of the molecule is Brc1ccc2oc(-c3ccco3)nc2c1. The highest BCUT2D eigenvalue weighted by molar-refractivity contribution is 9.10. The van der Waals surface area contributed by atoms with E-state index in [1.54, 1.807) is 12.3 Å². The average molecular weight is 264 g/mol. The lowest BCUT2D eigenvalue weighted by Gasteiger charge is -1.86. The molecule has 0 atom stereocenters. The van der Waals surface area contributed by atoms with Crippen LogP contribution in [0.3, 0.4) is 0 Å². The number of hydrogen-bond acceptors (Lipinski definition) is 3. The predicted octanol–water partition coefficient (Wildman–Crippen LogP) is 3.85. The molecule has 15 heavy (non-hydrogen) atoms. The monoisotopic (exact) mass is 263 g/mol. The lowest BCUT2D eigenvalue weighted by atomic mass is 10.3. The summed E-state index contributed by atoms with van der Waals surface area (Å²) in [4.78, 5) is 4.33. The van der Waals surface area contributed by atoms with Crippen LogP contribution in [0.25, 0.3) is 22.8 Å². The molecule has 0 radical (unpaired) electrons. The third-order valence-corrected chi connectivity index (χ3v) is 2.57. The molecule has 74 valence electrons. The number of aromatic nitrogens is 1. The Kier molecular flexibility index (Phi) is 1.89.